The highest BCUT2D eigenvalue weighted by Gasteiger charge is 2.29. The smallest absolute Gasteiger partial charge is 0.410 e. The van der Waals surface area contributed by atoms with Gasteiger partial charge >= 0.3 is 6.09 Å². The fourth-order valence-corrected chi connectivity index (χ4v) is 3.47. The molecule has 2 heterocycles. The maximum atomic E-state index is 12.4. The molecule has 31 heavy (non-hydrogen) atoms. The van der Waals surface area contributed by atoms with Gasteiger partial charge in [0, 0.05) is 25.2 Å². The van der Waals surface area contributed by atoms with Crippen LogP contribution in [-0.4, -0.2) is 52.5 Å². The van der Waals surface area contributed by atoms with Gasteiger partial charge in [-0.1, -0.05) is 52.8 Å². The van der Waals surface area contributed by atoms with Crippen LogP contribution in [0.25, 0.3) is 0 Å². The Labute approximate surface area is 194 Å². The average Bonchev–Trinajstić information content (AvgIpc) is 2.71. The minimum Gasteiger partial charge on any atom is -0.444 e. The molecule has 0 saturated carbocycles. The molecule has 178 valence electrons. The van der Waals surface area contributed by atoms with E-state index in [1.165, 1.54) is 12.0 Å². The van der Waals surface area contributed by atoms with Crippen molar-refractivity contribution >= 4 is 23.7 Å². The molecule has 6 nitrogen and oxygen atoms in total. The third-order valence-corrected chi connectivity index (χ3v) is 5.51. The first kappa shape index (κ1) is 27.5. The molecule has 0 aromatic carbocycles. The molecule has 1 aliphatic heterocycles. The van der Waals surface area contributed by atoms with E-state index in [2.05, 4.69) is 39.5 Å². The summed E-state index contributed by atoms with van der Waals surface area (Å²) in [6.45, 7) is 19.8. The molecule has 0 bridgehead atoms. The summed E-state index contributed by atoms with van der Waals surface area (Å²) in [4.78, 5) is 26.1. The van der Waals surface area contributed by atoms with Gasteiger partial charge in [-0.05, 0) is 52.2 Å². The lowest BCUT2D eigenvalue weighted by Crippen LogP contribution is -2.41. The summed E-state index contributed by atoms with van der Waals surface area (Å²) in [6.07, 6.45) is 5.95. The van der Waals surface area contributed by atoms with Crippen molar-refractivity contribution in [3.05, 3.63) is 11.3 Å². The van der Waals surface area contributed by atoms with Crippen molar-refractivity contribution in [2.24, 2.45) is 5.92 Å². The Morgan fingerprint density at radius 1 is 1.16 bits per heavy atom. The van der Waals surface area contributed by atoms with Crippen LogP contribution in [0.15, 0.2) is 5.16 Å². The van der Waals surface area contributed by atoms with Gasteiger partial charge in [-0.15, -0.1) is 0 Å². The van der Waals surface area contributed by atoms with Crippen molar-refractivity contribution in [2.45, 2.75) is 98.4 Å². The lowest BCUT2D eigenvalue weighted by atomic mass is 10.0. The molecule has 2 rings (SSSR count). The summed E-state index contributed by atoms with van der Waals surface area (Å²) >= 11 is 1.55. The first-order valence-corrected chi connectivity index (χ1v) is 12.9. The molecule has 0 unspecified atom stereocenters. The van der Waals surface area contributed by atoms with Crippen molar-refractivity contribution in [2.75, 3.05) is 30.8 Å². The second-order valence-electron chi connectivity index (χ2n) is 9.40. The van der Waals surface area contributed by atoms with E-state index >= 15 is 0 Å². The molecule has 0 fully saturated rings. The minimum atomic E-state index is -0.488. The number of fused-ring (bicyclic) bond motifs is 1. The van der Waals surface area contributed by atoms with E-state index in [0.29, 0.717) is 13.1 Å². The molecule has 0 radical (unpaired) electrons. The predicted molar refractivity (Wildman–Crippen MR) is 132 cm³/mol. The number of anilines is 1. The lowest BCUT2D eigenvalue weighted by molar-refractivity contribution is 0.0220. The highest BCUT2D eigenvalue weighted by Crippen LogP contribution is 2.29. The second kappa shape index (κ2) is 13.1. The number of aromatic nitrogens is 2. The van der Waals surface area contributed by atoms with E-state index in [1.54, 1.807) is 16.7 Å². The molecule has 1 aromatic heterocycles. The summed E-state index contributed by atoms with van der Waals surface area (Å²) in [5.41, 5.74) is 1.65. The first-order valence-electron chi connectivity index (χ1n) is 11.7. The summed E-state index contributed by atoms with van der Waals surface area (Å²) in [5.74, 6) is 1.93. The number of hydrogen-bond donors (Lipinski definition) is 0. The zero-order valence-electron chi connectivity index (χ0n) is 21.2. The van der Waals surface area contributed by atoms with Crippen LogP contribution in [0, 0.1) is 5.92 Å². The number of ether oxygens (including phenoxy) is 1. The topological polar surface area (TPSA) is 58.6 Å². The van der Waals surface area contributed by atoms with Gasteiger partial charge in [0.1, 0.15) is 11.4 Å². The van der Waals surface area contributed by atoms with Gasteiger partial charge in [-0.3, -0.25) is 0 Å². The summed E-state index contributed by atoms with van der Waals surface area (Å²) in [5, 5.41) is 0.766. The van der Waals surface area contributed by atoms with Crippen LogP contribution >= 0.6 is 11.8 Å². The molecule has 1 aliphatic rings. The van der Waals surface area contributed by atoms with Gasteiger partial charge in [0.2, 0.25) is 0 Å². The molecule has 7 heteroatoms. The number of hydrogen-bond acceptors (Lipinski definition) is 6. The van der Waals surface area contributed by atoms with E-state index in [9.17, 15) is 4.79 Å². The van der Waals surface area contributed by atoms with Gasteiger partial charge < -0.3 is 14.5 Å². The molecule has 0 atom stereocenters. The number of amides is 1. The number of nitrogens with zero attached hydrogens (tertiary/aromatic N) is 4. The van der Waals surface area contributed by atoms with Crippen molar-refractivity contribution in [1.82, 2.24) is 14.9 Å². The highest BCUT2D eigenvalue weighted by molar-refractivity contribution is 7.98. The van der Waals surface area contributed by atoms with E-state index < -0.39 is 5.60 Å². The number of rotatable bonds is 7. The summed E-state index contributed by atoms with van der Waals surface area (Å²) < 4.78 is 5.53. The van der Waals surface area contributed by atoms with Gasteiger partial charge in [-0.2, -0.15) is 0 Å². The molecular weight excluding hydrogens is 408 g/mol. The summed E-state index contributed by atoms with van der Waals surface area (Å²) in [7, 11) is 0. The van der Waals surface area contributed by atoms with Crippen molar-refractivity contribution in [3.63, 3.8) is 0 Å². The van der Waals surface area contributed by atoms with Crippen LogP contribution in [0.4, 0.5) is 10.6 Å². The van der Waals surface area contributed by atoms with Crippen LogP contribution in [0.5, 0.6) is 0 Å². The second-order valence-corrected chi connectivity index (χ2v) is 10.2. The average molecular weight is 453 g/mol. The maximum absolute atomic E-state index is 12.4. The Balaban J connectivity index is 0.000000861. The molecule has 1 amide bonds. The first-order chi connectivity index (χ1) is 14.6. The van der Waals surface area contributed by atoms with E-state index in [0.717, 1.165) is 54.9 Å². The van der Waals surface area contributed by atoms with Crippen LogP contribution in [0.3, 0.4) is 0 Å². The fraction of sp³-hybridized carbons (Fsp3) is 0.792. The lowest BCUT2D eigenvalue weighted by Gasteiger charge is -2.33. The normalized spacial score (nSPS) is 13.4. The van der Waals surface area contributed by atoms with Crippen molar-refractivity contribution in [3.8, 4) is 0 Å². The molecular formula is C24H44N4O2S. The maximum Gasteiger partial charge on any atom is 0.410 e. The van der Waals surface area contributed by atoms with Crippen LogP contribution < -0.4 is 4.90 Å². The fourth-order valence-electron chi connectivity index (χ4n) is 3.09. The molecule has 1 aromatic rings. The Kier molecular flexibility index (Phi) is 11.7. The number of carbonyl (C=O) groups excluding carboxylic acids is 1. The van der Waals surface area contributed by atoms with Gasteiger partial charge in [-0.25, -0.2) is 14.8 Å². The van der Waals surface area contributed by atoms with Crippen LogP contribution in [-0.2, 0) is 17.7 Å². The van der Waals surface area contributed by atoms with Crippen molar-refractivity contribution in [1.29, 1.82) is 0 Å². The zero-order valence-corrected chi connectivity index (χ0v) is 22.1. The number of carbonyl (C=O) groups is 1. The Morgan fingerprint density at radius 2 is 1.74 bits per heavy atom. The van der Waals surface area contributed by atoms with Gasteiger partial charge in [0.25, 0.3) is 0 Å². The number of thioether (sulfide) groups is 1. The Morgan fingerprint density at radius 3 is 2.19 bits per heavy atom. The highest BCUT2D eigenvalue weighted by atomic mass is 32.2. The minimum absolute atomic E-state index is 0.270. The van der Waals surface area contributed by atoms with Crippen LogP contribution in [0.1, 0.15) is 85.9 Å². The van der Waals surface area contributed by atoms with E-state index in [-0.39, 0.29) is 6.09 Å². The third kappa shape index (κ3) is 9.26. The summed E-state index contributed by atoms with van der Waals surface area (Å²) in [6, 6.07) is 0. The third-order valence-electron chi connectivity index (χ3n) is 4.96. The van der Waals surface area contributed by atoms with Crippen molar-refractivity contribution < 1.29 is 9.53 Å². The quantitative estimate of drug-likeness (QED) is 0.364. The van der Waals surface area contributed by atoms with E-state index in [1.807, 2.05) is 27.0 Å². The van der Waals surface area contributed by atoms with Gasteiger partial charge in [0.15, 0.2) is 5.16 Å². The standard InChI is InChI=1S/C19H32N4O2S.C5H12/c1-7-10-22(11-8-2)16-14-9-12-23(18(24)25-19(3,4)5)13-15(14)20-17(21-16)26-6;1-4-5(2)3/h7-13H2,1-6H3;5H,4H2,1-3H3. The molecule has 0 aliphatic carbocycles. The predicted octanol–water partition coefficient (Wildman–Crippen LogP) is 6.17. The van der Waals surface area contributed by atoms with Gasteiger partial charge in [0.05, 0.1) is 12.2 Å². The Hall–Kier alpha value is -1.50. The largest absolute Gasteiger partial charge is 0.444 e. The molecule has 0 spiro atoms. The molecule has 0 saturated heterocycles. The Bertz CT molecular complexity index is 683. The van der Waals surface area contributed by atoms with Crippen LogP contribution in [0.2, 0.25) is 0 Å². The SMILES string of the molecule is CCC(C)C.CCCN(CCC)c1nc(SC)nc2c1CCN(C(=O)OC(C)(C)C)C2. The molecule has 0 N–H and O–H groups in total. The monoisotopic (exact) mass is 452 g/mol. The zero-order chi connectivity index (χ0) is 23.6. The van der Waals surface area contributed by atoms with E-state index in [4.69, 9.17) is 14.7 Å².